The van der Waals surface area contributed by atoms with Crippen molar-refractivity contribution >= 4 is 42.6 Å². The minimum absolute atomic E-state index is 0.802. The average Bonchev–Trinajstić information content (AvgIpc) is 2.75. The van der Waals surface area contributed by atoms with Crippen molar-refractivity contribution in [1.29, 1.82) is 0 Å². The molecule has 30 heavy (non-hydrogen) atoms. The molecule has 2 aromatic rings. The average molecular weight is 542 g/mol. The summed E-state index contributed by atoms with van der Waals surface area (Å²) in [6.07, 6.45) is 12.5. The standard InChI is InChI=1S/C26H38Br2O2/c1-21-23-13-16-26(30-20-12-8-4-6-10-18-28)22(2)24(23)14-15-25(21)29-19-11-7-3-5-9-17-27/h13-16H,3-12,17-20H2,1-2H3. The number of benzene rings is 2. The largest absolute Gasteiger partial charge is 0.493 e. The van der Waals surface area contributed by atoms with Gasteiger partial charge in [-0.15, -0.1) is 0 Å². The van der Waals surface area contributed by atoms with Crippen molar-refractivity contribution in [2.45, 2.75) is 78.1 Å². The summed E-state index contributed by atoms with van der Waals surface area (Å²) in [6.45, 7) is 5.94. The van der Waals surface area contributed by atoms with E-state index in [1.807, 2.05) is 0 Å². The van der Waals surface area contributed by atoms with Gasteiger partial charge in [-0.3, -0.25) is 0 Å². The lowest BCUT2D eigenvalue weighted by Gasteiger charge is -2.15. The molecule has 4 heteroatoms. The summed E-state index contributed by atoms with van der Waals surface area (Å²) in [7, 11) is 0. The first-order valence-corrected chi connectivity index (χ1v) is 13.8. The van der Waals surface area contributed by atoms with Gasteiger partial charge in [-0.2, -0.15) is 0 Å². The lowest BCUT2D eigenvalue weighted by Crippen LogP contribution is -2.01. The maximum Gasteiger partial charge on any atom is 0.122 e. The first-order valence-electron chi connectivity index (χ1n) is 11.6. The highest BCUT2D eigenvalue weighted by molar-refractivity contribution is 9.09. The lowest BCUT2D eigenvalue weighted by atomic mass is 10.00. The van der Waals surface area contributed by atoms with Crippen LogP contribution in [0.3, 0.4) is 0 Å². The Morgan fingerprint density at radius 1 is 0.533 bits per heavy atom. The maximum absolute atomic E-state index is 6.10. The molecule has 0 aromatic heterocycles. The smallest absolute Gasteiger partial charge is 0.122 e. The molecular formula is C26H38Br2O2. The van der Waals surface area contributed by atoms with Crippen LogP contribution in [0.15, 0.2) is 24.3 Å². The fourth-order valence-electron chi connectivity index (χ4n) is 3.80. The predicted octanol–water partition coefficient (Wildman–Crippen LogP) is 8.91. The van der Waals surface area contributed by atoms with Crippen molar-refractivity contribution in [3.63, 3.8) is 0 Å². The molecule has 2 rings (SSSR count). The molecule has 0 atom stereocenters. The minimum Gasteiger partial charge on any atom is -0.493 e. The van der Waals surface area contributed by atoms with E-state index >= 15 is 0 Å². The second-order valence-corrected chi connectivity index (χ2v) is 9.67. The molecule has 0 fully saturated rings. The summed E-state index contributed by atoms with van der Waals surface area (Å²) in [5.41, 5.74) is 2.46. The van der Waals surface area contributed by atoms with Crippen LogP contribution >= 0.6 is 31.9 Å². The van der Waals surface area contributed by atoms with Gasteiger partial charge in [-0.05, 0) is 73.6 Å². The third-order valence-electron chi connectivity index (χ3n) is 5.71. The van der Waals surface area contributed by atoms with Crippen LogP contribution in [0.2, 0.25) is 0 Å². The van der Waals surface area contributed by atoms with Crippen molar-refractivity contribution < 1.29 is 9.47 Å². The van der Waals surface area contributed by atoms with Crippen molar-refractivity contribution in [2.24, 2.45) is 0 Å². The first-order chi connectivity index (χ1) is 14.7. The summed E-state index contributed by atoms with van der Waals surface area (Å²) in [4.78, 5) is 0. The molecular weight excluding hydrogens is 504 g/mol. The van der Waals surface area contributed by atoms with E-state index in [0.29, 0.717) is 0 Å². The summed E-state index contributed by atoms with van der Waals surface area (Å²) in [5, 5.41) is 4.77. The van der Waals surface area contributed by atoms with Gasteiger partial charge >= 0.3 is 0 Å². The Balaban J connectivity index is 1.86. The molecule has 0 radical (unpaired) electrons. The molecule has 0 amide bonds. The predicted molar refractivity (Wildman–Crippen MR) is 138 cm³/mol. The molecule has 2 aromatic carbocycles. The van der Waals surface area contributed by atoms with Gasteiger partial charge in [-0.1, -0.05) is 82.5 Å². The quantitative estimate of drug-likeness (QED) is 0.156. The van der Waals surface area contributed by atoms with E-state index in [4.69, 9.17) is 9.47 Å². The van der Waals surface area contributed by atoms with Gasteiger partial charge in [0.2, 0.25) is 0 Å². The van der Waals surface area contributed by atoms with Crippen molar-refractivity contribution in [2.75, 3.05) is 23.9 Å². The van der Waals surface area contributed by atoms with Gasteiger partial charge in [0, 0.05) is 10.7 Å². The zero-order valence-electron chi connectivity index (χ0n) is 18.8. The van der Waals surface area contributed by atoms with Gasteiger partial charge in [0.15, 0.2) is 0 Å². The SMILES string of the molecule is Cc1c(OCCCCCCCBr)ccc2c(C)c(OCCCCCCCBr)ccc12. The number of rotatable bonds is 16. The van der Waals surface area contributed by atoms with E-state index in [1.165, 1.54) is 73.3 Å². The Hall–Kier alpha value is -0.740. The molecule has 0 bridgehead atoms. The van der Waals surface area contributed by atoms with Crippen molar-refractivity contribution in [3.05, 3.63) is 35.4 Å². The Morgan fingerprint density at radius 2 is 0.900 bits per heavy atom. The Kier molecular flexibility index (Phi) is 12.9. The van der Waals surface area contributed by atoms with Gasteiger partial charge in [0.25, 0.3) is 0 Å². The highest BCUT2D eigenvalue weighted by Gasteiger charge is 2.10. The zero-order chi connectivity index (χ0) is 21.6. The van der Waals surface area contributed by atoms with Crippen molar-refractivity contribution in [3.8, 4) is 11.5 Å². The molecule has 0 saturated heterocycles. The second-order valence-electron chi connectivity index (χ2n) is 8.08. The third-order valence-corrected chi connectivity index (χ3v) is 6.83. The molecule has 168 valence electrons. The van der Waals surface area contributed by atoms with Crippen LogP contribution in [-0.4, -0.2) is 23.9 Å². The lowest BCUT2D eigenvalue weighted by molar-refractivity contribution is 0.302. The number of ether oxygens (including phenoxy) is 2. The third kappa shape index (κ3) is 8.42. The second kappa shape index (κ2) is 15.1. The van der Waals surface area contributed by atoms with E-state index in [-0.39, 0.29) is 0 Å². The molecule has 0 aliphatic heterocycles. The number of hydrogen-bond acceptors (Lipinski definition) is 2. The first kappa shape index (κ1) is 25.5. The van der Waals surface area contributed by atoms with E-state index in [1.54, 1.807) is 0 Å². The molecule has 0 unspecified atom stereocenters. The summed E-state index contributed by atoms with van der Waals surface area (Å²) >= 11 is 6.98. The van der Waals surface area contributed by atoms with E-state index < -0.39 is 0 Å². The minimum atomic E-state index is 0.802. The topological polar surface area (TPSA) is 18.5 Å². The van der Waals surface area contributed by atoms with Gasteiger partial charge in [0.1, 0.15) is 11.5 Å². The number of fused-ring (bicyclic) bond motifs is 1. The van der Waals surface area contributed by atoms with E-state index in [9.17, 15) is 0 Å². The van der Waals surface area contributed by atoms with Gasteiger partial charge in [0.05, 0.1) is 13.2 Å². The van der Waals surface area contributed by atoms with E-state index in [2.05, 4.69) is 70.0 Å². The van der Waals surface area contributed by atoms with E-state index in [0.717, 1.165) is 48.2 Å². The van der Waals surface area contributed by atoms with Crippen LogP contribution in [0.1, 0.15) is 75.3 Å². The highest BCUT2D eigenvalue weighted by Crippen LogP contribution is 2.33. The normalized spacial score (nSPS) is 11.2. The Labute approximate surface area is 200 Å². The van der Waals surface area contributed by atoms with Crippen LogP contribution in [-0.2, 0) is 0 Å². The summed E-state index contributed by atoms with van der Waals surface area (Å²) in [6, 6.07) is 8.64. The number of unbranched alkanes of at least 4 members (excludes halogenated alkanes) is 8. The number of hydrogen-bond donors (Lipinski definition) is 0. The molecule has 0 N–H and O–H groups in total. The fraction of sp³-hybridized carbons (Fsp3) is 0.615. The molecule has 0 spiro atoms. The van der Waals surface area contributed by atoms with Crippen molar-refractivity contribution in [1.82, 2.24) is 0 Å². The summed E-state index contributed by atoms with van der Waals surface area (Å²) < 4.78 is 12.2. The maximum atomic E-state index is 6.10. The highest BCUT2D eigenvalue weighted by atomic mass is 79.9. The number of alkyl halides is 2. The molecule has 2 nitrogen and oxygen atoms in total. The fourth-order valence-corrected chi connectivity index (χ4v) is 4.59. The van der Waals surface area contributed by atoms with Crippen LogP contribution < -0.4 is 9.47 Å². The van der Waals surface area contributed by atoms with Gasteiger partial charge < -0.3 is 9.47 Å². The molecule has 0 aliphatic rings. The van der Waals surface area contributed by atoms with Crippen LogP contribution in [0.25, 0.3) is 10.8 Å². The van der Waals surface area contributed by atoms with Gasteiger partial charge in [-0.25, -0.2) is 0 Å². The molecule has 0 aliphatic carbocycles. The number of halogens is 2. The summed E-state index contributed by atoms with van der Waals surface area (Å²) in [5.74, 6) is 2.03. The van der Waals surface area contributed by atoms with Crippen LogP contribution in [0.5, 0.6) is 11.5 Å². The van der Waals surface area contributed by atoms with Crippen LogP contribution in [0.4, 0.5) is 0 Å². The Morgan fingerprint density at radius 3 is 1.30 bits per heavy atom. The molecule has 0 heterocycles. The van der Waals surface area contributed by atoms with Crippen LogP contribution in [0, 0.1) is 13.8 Å². The monoisotopic (exact) mass is 540 g/mol. The molecule has 0 saturated carbocycles. The zero-order valence-corrected chi connectivity index (χ0v) is 22.0. The number of aryl methyl sites for hydroxylation is 2. The Bertz CT molecular complexity index is 682.